The first-order valence-corrected chi connectivity index (χ1v) is 23.5. The Morgan fingerprint density at radius 1 is 0.754 bits per heavy atom. The molecule has 0 radical (unpaired) electrons. The van der Waals surface area contributed by atoms with Gasteiger partial charge in [0.15, 0.2) is 11.6 Å². The number of sulfonamides is 1. The lowest BCUT2D eigenvalue weighted by molar-refractivity contribution is -0.156. The third kappa shape index (κ3) is 20.8. The number of carbonyl (C=O) groups excluding carboxylic acids is 2. The molecular formula is C41H71ClN6O8S. The Bertz CT molecular complexity index is 1560. The molecule has 0 bridgehead atoms. The van der Waals surface area contributed by atoms with Gasteiger partial charge in [-0.1, -0.05) is 100 Å². The Balaban J connectivity index is 0.000000315. The van der Waals surface area contributed by atoms with E-state index in [0.29, 0.717) is 24.0 Å². The molecule has 14 nitrogen and oxygen atoms in total. The van der Waals surface area contributed by atoms with E-state index in [9.17, 15) is 18.0 Å². The summed E-state index contributed by atoms with van der Waals surface area (Å²) in [6, 6.07) is 0. The van der Waals surface area contributed by atoms with E-state index in [-0.39, 0.29) is 67.2 Å². The highest BCUT2D eigenvalue weighted by Crippen LogP contribution is 2.33. The Morgan fingerprint density at radius 2 is 1.19 bits per heavy atom. The van der Waals surface area contributed by atoms with Gasteiger partial charge in [0.05, 0.1) is 31.7 Å². The van der Waals surface area contributed by atoms with Gasteiger partial charge in [-0.05, 0) is 72.6 Å². The topological polar surface area (TPSA) is 203 Å². The minimum atomic E-state index is -3.45. The third-order valence-electron chi connectivity index (χ3n) is 10.3. The number of hydrogen-bond acceptors (Lipinski definition) is 13. The van der Waals surface area contributed by atoms with Crippen molar-refractivity contribution in [1.29, 1.82) is 0 Å². The van der Waals surface area contributed by atoms with E-state index in [1.807, 2.05) is 41.5 Å². The molecule has 326 valence electrons. The van der Waals surface area contributed by atoms with Gasteiger partial charge in [-0.25, -0.2) is 13.1 Å². The van der Waals surface area contributed by atoms with Crippen molar-refractivity contribution in [3.05, 3.63) is 23.4 Å². The van der Waals surface area contributed by atoms with E-state index in [2.05, 4.69) is 25.0 Å². The summed E-state index contributed by atoms with van der Waals surface area (Å²) in [6.07, 6.45) is 20.1. The second kappa shape index (κ2) is 24.5. The number of rotatable bonds is 21. The number of halogens is 1. The molecule has 4 rings (SSSR count). The monoisotopic (exact) mass is 842 g/mol. The third-order valence-corrected chi connectivity index (χ3v) is 12.0. The Hall–Kier alpha value is -2.62. The van der Waals surface area contributed by atoms with Crippen LogP contribution in [0.4, 0.5) is 0 Å². The molecule has 2 fully saturated rings. The van der Waals surface area contributed by atoms with Crippen molar-refractivity contribution in [2.45, 2.75) is 200 Å². The Morgan fingerprint density at radius 3 is 1.60 bits per heavy atom. The number of nitrogens with two attached hydrogens (primary N) is 1. The van der Waals surface area contributed by atoms with Crippen LogP contribution in [0, 0.1) is 11.8 Å². The number of hydrogen-bond donors (Lipinski definition) is 2. The van der Waals surface area contributed by atoms with Crippen LogP contribution in [0.15, 0.2) is 9.05 Å². The first-order chi connectivity index (χ1) is 26.9. The highest BCUT2D eigenvalue weighted by molar-refractivity contribution is 7.89. The maximum absolute atomic E-state index is 12.5. The first-order valence-electron chi connectivity index (χ1n) is 21.3. The molecule has 0 aromatic carbocycles. The minimum Gasteiger partial charge on any atom is -0.460 e. The SMILES string of the molecule is CC(C)(C)OC(=O)C[C@@H](CCCC1CCCCC1)c1nc(CN)no1.CC(C)(C)OC(=O)C[C@@H](CCCC1CCCCC1)c1nc(CNS(=O)(=O)CCCCl)no1. The number of nitrogens with zero attached hydrogens (tertiary/aromatic N) is 4. The van der Waals surface area contributed by atoms with E-state index < -0.39 is 21.2 Å². The van der Waals surface area contributed by atoms with Crippen LogP contribution in [0.3, 0.4) is 0 Å². The van der Waals surface area contributed by atoms with Crippen molar-refractivity contribution in [3.8, 4) is 0 Å². The quantitative estimate of drug-likeness (QED) is 0.0892. The molecule has 0 unspecified atom stereocenters. The largest absolute Gasteiger partial charge is 0.460 e. The fraction of sp³-hybridized carbons (Fsp3) is 0.854. The summed E-state index contributed by atoms with van der Waals surface area (Å²) in [5.74, 6) is 2.55. The summed E-state index contributed by atoms with van der Waals surface area (Å²) in [5, 5.41) is 7.78. The number of ether oxygens (including phenoxy) is 2. The van der Waals surface area contributed by atoms with E-state index in [0.717, 1.165) is 43.9 Å². The average molecular weight is 844 g/mol. The normalized spacial score (nSPS) is 17.1. The van der Waals surface area contributed by atoms with Crippen LogP contribution in [0.5, 0.6) is 0 Å². The van der Waals surface area contributed by atoms with Crippen molar-refractivity contribution in [3.63, 3.8) is 0 Å². The fourth-order valence-electron chi connectivity index (χ4n) is 7.56. The van der Waals surface area contributed by atoms with Crippen LogP contribution in [0.2, 0.25) is 0 Å². The van der Waals surface area contributed by atoms with Crippen LogP contribution in [-0.4, -0.2) is 63.5 Å². The van der Waals surface area contributed by atoms with Gasteiger partial charge in [-0.3, -0.25) is 9.59 Å². The van der Waals surface area contributed by atoms with Crippen LogP contribution >= 0.6 is 11.6 Å². The Kier molecular flexibility index (Phi) is 20.9. The van der Waals surface area contributed by atoms with Crippen molar-refractivity contribution < 1.29 is 36.5 Å². The summed E-state index contributed by atoms with van der Waals surface area (Å²) in [4.78, 5) is 33.4. The summed E-state index contributed by atoms with van der Waals surface area (Å²) in [5.41, 5.74) is 4.52. The van der Waals surface area contributed by atoms with Gasteiger partial charge < -0.3 is 24.3 Å². The lowest BCUT2D eigenvalue weighted by atomic mass is 9.84. The van der Waals surface area contributed by atoms with Gasteiger partial charge in [0.25, 0.3) is 0 Å². The Labute approximate surface area is 346 Å². The number of alkyl halides is 1. The second-order valence-corrected chi connectivity index (χ2v) is 20.1. The zero-order valence-corrected chi connectivity index (χ0v) is 37.1. The lowest BCUT2D eigenvalue weighted by Gasteiger charge is -2.23. The molecule has 0 amide bonds. The highest BCUT2D eigenvalue weighted by atomic mass is 35.5. The summed E-state index contributed by atoms with van der Waals surface area (Å²) in [6.45, 7) is 11.3. The van der Waals surface area contributed by atoms with E-state index in [1.54, 1.807) is 0 Å². The molecule has 0 aliphatic heterocycles. The molecule has 0 spiro atoms. The van der Waals surface area contributed by atoms with Crippen molar-refractivity contribution in [1.82, 2.24) is 25.0 Å². The molecular weight excluding hydrogens is 772 g/mol. The number of carbonyl (C=O) groups is 2. The molecule has 3 N–H and O–H groups in total. The molecule has 2 atom stereocenters. The molecule has 2 aliphatic carbocycles. The van der Waals surface area contributed by atoms with Gasteiger partial charge in [0, 0.05) is 17.7 Å². The molecule has 2 heterocycles. The van der Waals surface area contributed by atoms with Gasteiger partial charge in [-0.2, -0.15) is 9.97 Å². The number of esters is 2. The van der Waals surface area contributed by atoms with Crippen LogP contribution < -0.4 is 10.5 Å². The number of aromatic nitrogens is 4. The van der Waals surface area contributed by atoms with Crippen LogP contribution in [-0.2, 0) is 42.2 Å². The van der Waals surface area contributed by atoms with E-state index >= 15 is 0 Å². The molecule has 2 aromatic heterocycles. The highest BCUT2D eigenvalue weighted by Gasteiger charge is 2.28. The van der Waals surface area contributed by atoms with E-state index in [1.165, 1.54) is 70.6 Å². The lowest BCUT2D eigenvalue weighted by Crippen LogP contribution is -2.26. The maximum Gasteiger partial charge on any atom is 0.307 e. The summed E-state index contributed by atoms with van der Waals surface area (Å²) >= 11 is 5.57. The minimum absolute atomic E-state index is 0.0519. The zero-order valence-electron chi connectivity index (χ0n) is 35.5. The average Bonchev–Trinajstić information content (AvgIpc) is 3.83. The van der Waals surface area contributed by atoms with Gasteiger partial charge in [0.2, 0.25) is 21.8 Å². The summed E-state index contributed by atoms with van der Waals surface area (Å²) < 4.78 is 48.1. The second-order valence-electron chi connectivity index (χ2n) is 17.8. The van der Waals surface area contributed by atoms with Crippen molar-refractivity contribution >= 4 is 33.6 Å². The standard InChI is InChI=1S/C22H38ClN3O5S.C19H33N3O3/c1-22(2,3)30-20(27)15-18(12-7-11-17-9-5-4-6-10-17)21-25-19(26-31-21)16-24-32(28,29)14-8-13-23;1-19(2,3)24-17(23)12-15(18-21-16(13-20)22-25-18)11-7-10-14-8-5-4-6-9-14/h17-18,24H,4-16H2,1-3H3;14-15H,4-13,20H2,1-3H3/t18-;15-/m11/s1. The molecule has 57 heavy (non-hydrogen) atoms. The fourth-order valence-corrected chi connectivity index (χ4v) is 8.87. The first kappa shape index (κ1) is 48.7. The van der Waals surface area contributed by atoms with Gasteiger partial charge in [-0.15, -0.1) is 11.6 Å². The zero-order chi connectivity index (χ0) is 41.9. The summed E-state index contributed by atoms with van der Waals surface area (Å²) in [7, 11) is -3.45. The van der Waals surface area contributed by atoms with Crippen LogP contribution in [0.1, 0.15) is 199 Å². The maximum atomic E-state index is 12.5. The van der Waals surface area contributed by atoms with Gasteiger partial charge >= 0.3 is 11.9 Å². The number of nitrogens with one attached hydrogen (secondary N) is 1. The predicted molar refractivity (Wildman–Crippen MR) is 220 cm³/mol. The molecule has 2 saturated carbocycles. The van der Waals surface area contributed by atoms with Gasteiger partial charge in [0.1, 0.15) is 11.2 Å². The molecule has 16 heteroatoms. The van der Waals surface area contributed by atoms with Crippen LogP contribution in [0.25, 0.3) is 0 Å². The predicted octanol–water partition coefficient (Wildman–Crippen LogP) is 8.78. The van der Waals surface area contributed by atoms with Crippen molar-refractivity contribution in [2.24, 2.45) is 17.6 Å². The van der Waals surface area contributed by atoms with Crippen molar-refractivity contribution in [2.75, 3.05) is 11.6 Å². The molecule has 2 aromatic rings. The van der Waals surface area contributed by atoms with E-state index in [4.69, 9.17) is 35.9 Å². The molecule has 2 aliphatic rings. The molecule has 0 saturated heterocycles. The smallest absolute Gasteiger partial charge is 0.307 e.